The van der Waals surface area contributed by atoms with Crippen LogP contribution in [0.1, 0.15) is 29.9 Å². The van der Waals surface area contributed by atoms with Gasteiger partial charge in [-0.1, -0.05) is 6.07 Å². The predicted molar refractivity (Wildman–Crippen MR) is 87.2 cm³/mol. The normalized spacial score (nSPS) is 11.2. The summed E-state index contributed by atoms with van der Waals surface area (Å²) in [5.74, 6) is -0.552. The zero-order chi connectivity index (χ0) is 17.7. The van der Waals surface area contributed by atoms with Gasteiger partial charge in [0, 0.05) is 19.3 Å². The summed E-state index contributed by atoms with van der Waals surface area (Å²) in [6.45, 7) is 5.00. The highest BCUT2D eigenvalue weighted by atomic mass is 19.4. The minimum absolute atomic E-state index is 0.115. The van der Waals surface area contributed by atoms with Gasteiger partial charge in [-0.25, -0.2) is 0 Å². The summed E-state index contributed by atoms with van der Waals surface area (Å²) in [6, 6.07) is 8.14. The maximum absolute atomic E-state index is 13.0. The molecule has 0 saturated carbocycles. The zero-order valence-corrected chi connectivity index (χ0v) is 13.4. The van der Waals surface area contributed by atoms with Crippen LogP contribution in [0, 0.1) is 0 Å². The second-order valence-corrected chi connectivity index (χ2v) is 5.07. The molecule has 0 radical (unpaired) electrons. The Morgan fingerprint density at radius 1 is 1.17 bits per heavy atom. The molecule has 0 aliphatic heterocycles. The molecule has 2 rings (SSSR count). The Labute approximate surface area is 138 Å². The number of carbonyl (C=O) groups is 1. The minimum Gasteiger partial charge on any atom is -0.370 e. The van der Waals surface area contributed by atoms with Gasteiger partial charge in [-0.2, -0.15) is 13.2 Å². The first-order valence-corrected chi connectivity index (χ1v) is 7.55. The topological polar surface area (TPSA) is 45.2 Å². The molecule has 128 valence electrons. The van der Waals surface area contributed by atoms with Crippen molar-refractivity contribution in [1.82, 2.24) is 4.98 Å². The van der Waals surface area contributed by atoms with E-state index in [2.05, 4.69) is 10.3 Å². The molecule has 24 heavy (non-hydrogen) atoms. The van der Waals surface area contributed by atoms with Crippen molar-refractivity contribution in [3.63, 3.8) is 0 Å². The van der Waals surface area contributed by atoms with Crippen molar-refractivity contribution in [2.45, 2.75) is 20.0 Å². The molecule has 0 aliphatic rings. The third-order valence-corrected chi connectivity index (χ3v) is 3.57. The second kappa shape index (κ2) is 7.33. The highest BCUT2D eigenvalue weighted by Crippen LogP contribution is 2.35. The smallest absolute Gasteiger partial charge is 0.370 e. The van der Waals surface area contributed by atoms with E-state index in [1.807, 2.05) is 18.7 Å². The van der Waals surface area contributed by atoms with Crippen molar-refractivity contribution in [2.24, 2.45) is 0 Å². The van der Waals surface area contributed by atoms with Gasteiger partial charge in [-0.15, -0.1) is 0 Å². The molecule has 0 fully saturated rings. The number of nitrogens with zero attached hydrogens (tertiary/aromatic N) is 2. The summed E-state index contributed by atoms with van der Waals surface area (Å²) in [5, 5.41) is 2.55. The minimum atomic E-state index is -4.48. The molecule has 1 N–H and O–H groups in total. The van der Waals surface area contributed by atoms with Crippen molar-refractivity contribution in [3.8, 4) is 0 Å². The van der Waals surface area contributed by atoms with Crippen LogP contribution in [0.15, 0.2) is 42.6 Å². The second-order valence-electron chi connectivity index (χ2n) is 5.07. The van der Waals surface area contributed by atoms with E-state index < -0.39 is 17.6 Å². The standard InChI is InChI=1S/C17H18F3N3O/c1-3-23(4-2)15-9-8-12(17(18,19)20)11-14(15)22-16(24)13-7-5-6-10-21-13/h5-11H,3-4H2,1-2H3,(H,22,24). The molecular formula is C17H18F3N3O. The van der Waals surface area contributed by atoms with Crippen LogP contribution in [-0.4, -0.2) is 24.0 Å². The van der Waals surface area contributed by atoms with Crippen LogP contribution < -0.4 is 10.2 Å². The van der Waals surface area contributed by atoms with Gasteiger partial charge in [-0.05, 0) is 44.2 Å². The lowest BCUT2D eigenvalue weighted by molar-refractivity contribution is -0.137. The Morgan fingerprint density at radius 2 is 1.88 bits per heavy atom. The Morgan fingerprint density at radius 3 is 2.42 bits per heavy atom. The largest absolute Gasteiger partial charge is 0.416 e. The number of rotatable bonds is 5. The van der Waals surface area contributed by atoms with E-state index in [1.54, 1.807) is 12.1 Å². The number of amides is 1. The number of hydrogen-bond acceptors (Lipinski definition) is 3. The zero-order valence-electron chi connectivity index (χ0n) is 13.4. The van der Waals surface area contributed by atoms with Crippen LogP contribution in [-0.2, 0) is 6.18 Å². The van der Waals surface area contributed by atoms with Gasteiger partial charge in [-0.3, -0.25) is 9.78 Å². The van der Waals surface area contributed by atoms with Crippen LogP contribution in [0.2, 0.25) is 0 Å². The van der Waals surface area contributed by atoms with Gasteiger partial charge in [0.1, 0.15) is 5.69 Å². The highest BCUT2D eigenvalue weighted by Gasteiger charge is 2.31. The van der Waals surface area contributed by atoms with E-state index in [0.29, 0.717) is 18.8 Å². The molecular weight excluding hydrogens is 319 g/mol. The molecule has 0 unspecified atom stereocenters. The van der Waals surface area contributed by atoms with Gasteiger partial charge in [0.15, 0.2) is 0 Å². The number of pyridine rings is 1. The third-order valence-electron chi connectivity index (χ3n) is 3.57. The molecule has 1 aromatic carbocycles. The number of halogens is 3. The number of alkyl halides is 3. The van der Waals surface area contributed by atoms with Crippen molar-refractivity contribution >= 4 is 17.3 Å². The Bertz CT molecular complexity index is 698. The first kappa shape index (κ1) is 17.8. The quantitative estimate of drug-likeness (QED) is 0.889. The summed E-state index contributed by atoms with van der Waals surface area (Å²) in [4.78, 5) is 18.0. The van der Waals surface area contributed by atoms with Gasteiger partial charge in [0.05, 0.1) is 16.9 Å². The lowest BCUT2D eigenvalue weighted by atomic mass is 10.1. The summed E-state index contributed by atoms with van der Waals surface area (Å²) < 4.78 is 39.0. The summed E-state index contributed by atoms with van der Waals surface area (Å²) in [6.07, 6.45) is -3.03. The van der Waals surface area contributed by atoms with Crippen molar-refractivity contribution in [3.05, 3.63) is 53.9 Å². The lowest BCUT2D eigenvalue weighted by Gasteiger charge is -2.25. The lowest BCUT2D eigenvalue weighted by Crippen LogP contribution is -2.25. The van der Waals surface area contributed by atoms with E-state index >= 15 is 0 Å². The fourth-order valence-electron chi connectivity index (χ4n) is 2.34. The monoisotopic (exact) mass is 337 g/mol. The highest BCUT2D eigenvalue weighted by molar-refractivity contribution is 6.04. The maximum Gasteiger partial charge on any atom is 0.416 e. The van der Waals surface area contributed by atoms with Crippen LogP contribution in [0.3, 0.4) is 0 Å². The number of anilines is 2. The van der Waals surface area contributed by atoms with Crippen molar-refractivity contribution in [2.75, 3.05) is 23.3 Å². The Hall–Kier alpha value is -2.57. The van der Waals surface area contributed by atoms with E-state index in [4.69, 9.17) is 0 Å². The van der Waals surface area contributed by atoms with Crippen LogP contribution in [0.25, 0.3) is 0 Å². The molecule has 4 nitrogen and oxygen atoms in total. The van der Waals surface area contributed by atoms with Gasteiger partial charge in [0.25, 0.3) is 5.91 Å². The Balaban J connectivity index is 2.42. The fraction of sp³-hybridized carbons (Fsp3) is 0.294. The van der Waals surface area contributed by atoms with Gasteiger partial charge >= 0.3 is 6.18 Å². The van der Waals surface area contributed by atoms with Crippen molar-refractivity contribution < 1.29 is 18.0 Å². The number of benzene rings is 1. The van der Waals surface area contributed by atoms with Crippen molar-refractivity contribution in [1.29, 1.82) is 0 Å². The Kier molecular flexibility index (Phi) is 5.43. The van der Waals surface area contributed by atoms with Crippen LogP contribution >= 0.6 is 0 Å². The number of aromatic nitrogens is 1. The molecule has 0 spiro atoms. The molecule has 0 saturated heterocycles. The van der Waals surface area contributed by atoms with Gasteiger partial charge in [0.2, 0.25) is 0 Å². The molecule has 1 heterocycles. The molecule has 2 aromatic rings. The maximum atomic E-state index is 13.0. The molecule has 0 aliphatic carbocycles. The third kappa shape index (κ3) is 4.04. The molecule has 1 aromatic heterocycles. The molecule has 7 heteroatoms. The molecule has 1 amide bonds. The van der Waals surface area contributed by atoms with Crippen LogP contribution in [0.5, 0.6) is 0 Å². The number of nitrogens with one attached hydrogen (secondary N) is 1. The SMILES string of the molecule is CCN(CC)c1ccc(C(F)(F)F)cc1NC(=O)c1ccccn1. The molecule has 0 bridgehead atoms. The van der Waals surface area contributed by atoms with E-state index in [9.17, 15) is 18.0 Å². The molecule has 0 atom stereocenters. The fourth-order valence-corrected chi connectivity index (χ4v) is 2.34. The first-order valence-electron chi connectivity index (χ1n) is 7.55. The van der Waals surface area contributed by atoms with E-state index in [-0.39, 0.29) is 11.4 Å². The summed E-state index contributed by atoms with van der Waals surface area (Å²) >= 11 is 0. The average molecular weight is 337 g/mol. The first-order chi connectivity index (χ1) is 11.4. The number of carbonyl (C=O) groups excluding carboxylic acids is 1. The summed E-state index contributed by atoms with van der Waals surface area (Å²) in [7, 11) is 0. The van der Waals surface area contributed by atoms with E-state index in [0.717, 1.165) is 12.1 Å². The van der Waals surface area contributed by atoms with Crippen LogP contribution in [0.4, 0.5) is 24.5 Å². The average Bonchev–Trinajstić information content (AvgIpc) is 2.57. The summed E-state index contributed by atoms with van der Waals surface area (Å²) in [5.41, 5.74) is -0.0170. The predicted octanol–water partition coefficient (Wildman–Crippen LogP) is 4.20. The van der Waals surface area contributed by atoms with E-state index in [1.165, 1.54) is 18.3 Å². The number of hydrogen-bond donors (Lipinski definition) is 1. The van der Waals surface area contributed by atoms with Gasteiger partial charge < -0.3 is 10.2 Å².